The van der Waals surface area contributed by atoms with Gasteiger partial charge in [-0.15, -0.1) is 0 Å². The molecule has 2 fully saturated rings. The summed E-state index contributed by atoms with van der Waals surface area (Å²) in [4.78, 5) is 69.3. The van der Waals surface area contributed by atoms with E-state index >= 15 is 0 Å². The topological polar surface area (TPSA) is 325 Å². The van der Waals surface area contributed by atoms with E-state index < -0.39 is 96.5 Å². The zero-order valence-corrected chi connectivity index (χ0v) is 27.6. The first-order valence-electron chi connectivity index (χ1n) is 15.1. The van der Waals surface area contributed by atoms with Gasteiger partial charge in [0, 0.05) is 58.3 Å². The van der Waals surface area contributed by atoms with E-state index in [2.05, 4.69) is 30.0 Å². The SMILES string of the molecule is Cc1cn([C@H]2C[C@H](N=[N+]=[N-])[C@@H](COP(=O)(OC[C@H]3O[C@@H](n4cc(C)c(=O)[nH]c4=O)C[C@@H]3N=[N+]=[N-])C(O)c3cccc([N+](=O)[O-])c3)O2)c(=O)[nH]c1=O. The van der Waals surface area contributed by atoms with Crippen LogP contribution in [0.5, 0.6) is 0 Å². The number of aryl methyl sites for hydroxylation is 2. The van der Waals surface area contributed by atoms with Gasteiger partial charge in [0.2, 0.25) is 0 Å². The van der Waals surface area contributed by atoms with Crippen LogP contribution in [-0.4, -0.2) is 66.6 Å². The number of nitro benzene ring substituents is 1. The highest BCUT2D eigenvalue weighted by Crippen LogP contribution is 2.60. The van der Waals surface area contributed by atoms with Crippen LogP contribution in [0.25, 0.3) is 20.9 Å². The molecule has 2 saturated heterocycles. The number of aromatic amines is 2. The standard InChI is InChI=1S/C27H30N11O12P/c1-13-9-36(26(42)30-23(13)39)21-7-17(32-34-28)19(49-21)11-47-51(46,25(41)15-4-3-5-16(6-15)38(44)45)48-12-20-18(33-35-29)8-22(50-20)37-10-14(2)24(40)31-27(37)43/h3-6,9-10,17-22,25,41H,7-8,11-12H2,1-2H3,(H,30,39,42)(H,31,40,43)/t17-,18-,19+,20+,21+,22+,25?/m0/s1. The fourth-order valence-corrected chi connectivity index (χ4v) is 7.15. The fraction of sp³-hybridized carbons (Fsp3) is 0.481. The summed E-state index contributed by atoms with van der Waals surface area (Å²) in [6, 6.07) is 2.56. The van der Waals surface area contributed by atoms with Crippen LogP contribution in [0.1, 0.15) is 47.8 Å². The molecular formula is C27H30N11O12P. The van der Waals surface area contributed by atoms with Gasteiger partial charge in [-0.25, -0.2) is 9.59 Å². The summed E-state index contributed by atoms with van der Waals surface area (Å²) in [6.07, 6.45) is -2.14. The maximum Gasteiger partial charge on any atom is 0.363 e. The molecule has 24 heteroatoms. The number of nitrogens with zero attached hydrogens (tertiary/aromatic N) is 9. The summed E-state index contributed by atoms with van der Waals surface area (Å²) in [5, 5.41) is 30.1. The van der Waals surface area contributed by atoms with Crippen molar-refractivity contribution in [3.63, 3.8) is 0 Å². The van der Waals surface area contributed by atoms with Gasteiger partial charge >= 0.3 is 19.0 Å². The van der Waals surface area contributed by atoms with Crippen molar-refractivity contribution in [3.05, 3.63) is 126 Å². The number of nitrogens with one attached hydrogen (secondary N) is 2. The number of hydrogen-bond acceptors (Lipinski definition) is 14. The number of non-ortho nitro benzene ring substituents is 1. The van der Waals surface area contributed by atoms with Gasteiger partial charge in [0.25, 0.3) is 16.8 Å². The predicted octanol–water partition coefficient (Wildman–Crippen LogP) is 2.46. The second kappa shape index (κ2) is 15.3. The molecule has 2 aromatic heterocycles. The van der Waals surface area contributed by atoms with Crippen molar-refractivity contribution in [1.29, 1.82) is 0 Å². The first-order valence-corrected chi connectivity index (χ1v) is 16.7. The summed E-state index contributed by atoms with van der Waals surface area (Å²) in [5.41, 5.74) is 15.2. The van der Waals surface area contributed by atoms with Gasteiger partial charge in [-0.1, -0.05) is 22.4 Å². The van der Waals surface area contributed by atoms with E-state index in [1.807, 2.05) is 0 Å². The summed E-state index contributed by atoms with van der Waals surface area (Å²) in [6.45, 7) is 1.59. The van der Waals surface area contributed by atoms with Crippen molar-refractivity contribution >= 4 is 13.3 Å². The van der Waals surface area contributed by atoms with Gasteiger partial charge in [-0.05, 0) is 30.5 Å². The number of benzene rings is 1. The highest BCUT2D eigenvalue weighted by atomic mass is 31.2. The van der Waals surface area contributed by atoms with E-state index in [1.54, 1.807) is 0 Å². The summed E-state index contributed by atoms with van der Waals surface area (Å²) < 4.78 is 39.8. The molecule has 3 N–H and O–H groups in total. The molecule has 0 bridgehead atoms. The molecule has 1 aromatic carbocycles. The van der Waals surface area contributed by atoms with Crippen molar-refractivity contribution < 1.29 is 33.1 Å². The zero-order chi connectivity index (χ0) is 37.0. The minimum absolute atomic E-state index is 0.0726. The van der Waals surface area contributed by atoms with Crippen LogP contribution in [0.3, 0.4) is 0 Å². The Morgan fingerprint density at radius 3 is 1.86 bits per heavy atom. The molecule has 2 aliphatic heterocycles. The third-order valence-electron chi connectivity index (χ3n) is 8.24. The van der Waals surface area contributed by atoms with Gasteiger partial charge in [0.05, 0.1) is 42.4 Å². The lowest BCUT2D eigenvalue weighted by atomic mass is 10.1. The Labute approximate surface area is 284 Å². The van der Waals surface area contributed by atoms with E-state index in [0.29, 0.717) is 0 Å². The minimum Gasteiger partial charge on any atom is -0.376 e. The number of hydrogen-bond donors (Lipinski definition) is 3. The summed E-state index contributed by atoms with van der Waals surface area (Å²) in [7, 11) is -4.84. The summed E-state index contributed by atoms with van der Waals surface area (Å²) >= 11 is 0. The lowest BCUT2D eigenvalue weighted by Gasteiger charge is -2.27. The second-order valence-electron chi connectivity index (χ2n) is 11.6. The Kier molecular flexibility index (Phi) is 11.0. The average Bonchev–Trinajstić information content (AvgIpc) is 3.69. The molecule has 0 radical (unpaired) electrons. The van der Waals surface area contributed by atoms with Crippen molar-refractivity contribution in [2.45, 2.75) is 69.3 Å². The maximum absolute atomic E-state index is 14.4. The highest BCUT2D eigenvalue weighted by molar-refractivity contribution is 7.54. The van der Waals surface area contributed by atoms with Crippen LogP contribution in [0.15, 0.2) is 66.1 Å². The van der Waals surface area contributed by atoms with Crippen molar-refractivity contribution in [3.8, 4) is 0 Å². The quantitative estimate of drug-likeness (QED) is 0.0570. The molecule has 0 spiro atoms. The Balaban J connectivity index is 1.42. The molecule has 2 aliphatic rings. The lowest BCUT2D eigenvalue weighted by molar-refractivity contribution is -0.385. The van der Waals surface area contributed by atoms with Crippen LogP contribution < -0.4 is 22.5 Å². The Morgan fingerprint density at radius 2 is 1.43 bits per heavy atom. The summed E-state index contributed by atoms with van der Waals surface area (Å²) in [5.74, 6) is -2.14. The molecule has 0 aliphatic carbocycles. The van der Waals surface area contributed by atoms with Crippen molar-refractivity contribution in [2.24, 2.45) is 10.2 Å². The molecule has 0 amide bonds. The molecule has 23 nitrogen and oxygen atoms in total. The lowest BCUT2D eigenvalue weighted by Crippen LogP contribution is -2.33. The maximum atomic E-state index is 14.4. The normalized spacial score (nSPS) is 24.6. The number of rotatable bonds is 13. The molecule has 1 unspecified atom stereocenters. The first kappa shape index (κ1) is 36.9. The number of aromatic nitrogens is 4. The highest BCUT2D eigenvalue weighted by Gasteiger charge is 2.44. The fourth-order valence-electron chi connectivity index (χ4n) is 5.56. The van der Waals surface area contributed by atoms with Gasteiger partial charge in [0.1, 0.15) is 12.5 Å². The smallest absolute Gasteiger partial charge is 0.363 e. The second-order valence-corrected chi connectivity index (χ2v) is 13.7. The number of aliphatic hydroxyl groups is 1. The molecule has 4 heterocycles. The van der Waals surface area contributed by atoms with Crippen LogP contribution in [-0.2, 0) is 23.1 Å². The van der Waals surface area contributed by atoms with Gasteiger partial charge in [-0.3, -0.25) is 43.4 Å². The monoisotopic (exact) mass is 731 g/mol. The molecular weight excluding hydrogens is 701 g/mol. The number of aliphatic hydroxyl groups excluding tert-OH is 1. The number of azide groups is 2. The van der Waals surface area contributed by atoms with Crippen LogP contribution in [0.2, 0.25) is 0 Å². The van der Waals surface area contributed by atoms with Gasteiger partial charge < -0.3 is 23.6 Å². The van der Waals surface area contributed by atoms with Crippen LogP contribution in [0, 0.1) is 24.0 Å². The van der Waals surface area contributed by atoms with Gasteiger partial charge in [0.15, 0.2) is 5.85 Å². The molecule has 51 heavy (non-hydrogen) atoms. The average molecular weight is 732 g/mol. The van der Waals surface area contributed by atoms with E-state index in [9.17, 15) is 50.0 Å². The van der Waals surface area contributed by atoms with Crippen molar-refractivity contribution in [2.75, 3.05) is 13.2 Å². The van der Waals surface area contributed by atoms with E-state index in [1.165, 1.54) is 38.4 Å². The van der Waals surface area contributed by atoms with Crippen molar-refractivity contribution in [1.82, 2.24) is 19.1 Å². The van der Waals surface area contributed by atoms with E-state index in [4.69, 9.17) is 18.5 Å². The third kappa shape index (κ3) is 8.01. The molecule has 0 saturated carbocycles. The molecule has 7 atom stereocenters. The molecule has 3 aromatic rings. The molecule has 270 valence electrons. The first-order chi connectivity index (χ1) is 24.2. The Bertz CT molecular complexity index is 2090. The van der Waals surface area contributed by atoms with Crippen LogP contribution >= 0.6 is 7.60 Å². The van der Waals surface area contributed by atoms with Crippen LogP contribution in [0.4, 0.5) is 5.69 Å². The third-order valence-corrected chi connectivity index (χ3v) is 10.2. The molecule has 5 rings (SSSR count). The minimum atomic E-state index is -4.84. The predicted molar refractivity (Wildman–Crippen MR) is 173 cm³/mol. The van der Waals surface area contributed by atoms with E-state index in [-0.39, 0.29) is 29.5 Å². The Morgan fingerprint density at radius 1 is 0.961 bits per heavy atom. The number of nitro groups is 1. The van der Waals surface area contributed by atoms with Gasteiger partial charge in [-0.2, -0.15) is 0 Å². The number of H-pyrrole nitrogens is 2. The van der Waals surface area contributed by atoms with E-state index in [0.717, 1.165) is 21.3 Å². The largest absolute Gasteiger partial charge is 0.376 e. The Hall–Kier alpha value is -5.37. The number of ether oxygens (including phenoxy) is 2. The zero-order valence-electron chi connectivity index (χ0n) is 26.7.